The van der Waals surface area contributed by atoms with Gasteiger partial charge >= 0.3 is 8.80 Å². The molecule has 0 aliphatic carbocycles. The van der Waals surface area contributed by atoms with Gasteiger partial charge in [0.25, 0.3) is 0 Å². The van der Waals surface area contributed by atoms with Gasteiger partial charge < -0.3 is 35.2 Å². The zero-order chi connectivity index (χ0) is 17.1. The average molecular weight is 398 g/mol. The minimum absolute atomic E-state index is 0. The molecule has 0 radical (unpaired) electrons. The van der Waals surface area contributed by atoms with Gasteiger partial charge in [0.15, 0.2) is 0 Å². The Morgan fingerprint density at radius 1 is 0.727 bits per heavy atom. The summed E-state index contributed by atoms with van der Waals surface area (Å²) >= 11 is 0. The minimum Gasteiger partial charge on any atom is -1.00 e. The van der Waals surface area contributed by atoms with E-state index in [2.05, 4.69) is 61.5 Å². The standard InChI is InChI=1S/C16H35NO3Si.BrH/c1-14(2,3)17(15(4,5)6)16(7,8)12-13-21(18-9,19-10)20-11;/h12-13H,1-11H3;1H. The maximum absolute atomic E-state index is 5.48. The lowest BCUT2D eigenvalue weighted by atomic mass is 9.87. The highest BCUT2D eigenvalue weighted by Gasteiger charge is 2.46. The van der Waals surface area contributed by atoms with Gasteiger partial charge in [0.1, 0.15) is 5.54 Å². The molecule has 0 saturated carbocycles. The van der Waals surface area contributed by atoms with Gasteiger partial charge in [-0.2, -0.15) is 0 Å². The lowest BCUT2D eigenvalue weighted by Crippen LogP contribution is -3.30. The number of hydrogen-bond donors (Lipinski definition) is 1. The van der Waals surface area contributed by atoms with Crippen molar-refractivity contribution in [3.8, 4) is 0 Å². The van der Waals surface area contributed by atoms with Crippen molar-refractivity contribution in [1.82, 2.24) is 0 Å². The van der Waals surface area contributed by atoms with Crippen LogP contribution in [0.4, 0.5) is 0 Å². The Labute approximate surface area is 149 Å². The van der Waals surface area contributed by atoms with Crippen LogP contribution in [0.1, 0.15) is 55.4 Å². The number of halogens is 1. The van der Waals surface area contributed by atoms with Crippen LogP contribution in [-0.4, -0.2) is 46.8 Å². The molecule has 0 saturated heterocycles. The van der Waals surface area contributed by atoms with Crippen LogP contribution in [0.2, 0.25) is 0 Å². The maximum atomic E-state index is 5.48. The van der Waals surface area contributed by atoms with Crippen LogP contribution in [0.25, 0.3) is 0 Å². The van der Waals surface area contributed by atoms with Crippen LogP contribution in [0.3, 0.4) is 0 Å². The molecule has 0 aromatic heterocycles. The molecule has 0 rings (SSSR count). The molecular formula is C16H36BrNO3Si. The van der Waals surface area contributed by atoms with Gasteiger partial charge in [0.2, 0.25) is 0 Å². The van der Waals surface area contributed by atoms with E-state index in [9.17, 15) is 0 Å². The summed E-state index contributed by atoms with van der Waals surface area (Å²) in [7, 11) is 2.22. The smallest absolute Gasteiger partial charge is 0.528 e. The van der Waals surface area contributed by atoms with Gasteiger partial charge in [0.05, 0.1) is 11.1 Å². The Kier molecular flexibility index (Phi) is 9.36. The van der Waals surface area contributed by atoms with Crippen LogP contribution in [0.5, 0.6) is 0 Å². The van der Waals surface area contributed by atoms with E-state index in [0.717, 1.165) is 0 Å². The molecule has 0 aliphatic rings. The molecule has 22 heavy (non-hydrogen) atoms. The zero-order valence-electron chi connectivity index (χ0n) is 16.3. The van der Waals surface area contributed by atoms with Crippen LogP contribution in [0, 0.1) is 0 Å². The molecule has 0 spiro atoms. The van der Waals surface area contributed by atoms with Crippen molar-refractivity contribution in [1.29, 1.82) is 0 Å². The highest BCUT2D eigenvalue weighted by molar-refractivity contribution is 6.66. The fraction of sp³-hybridized carbons (Fsp3) is 0.875. The average Bonchev–Trinajstić information content (AvgIpc) is 2.27. The van der Waals surface area contributed by atoms with Gasteiger partial charge in [-0.1, -0.05) is 0 Å². The molecule has 0 bridgehead atoms. The third kappa shape index (κ3) is 6.41. The van der Waals surface area contributed by atoms with Crippen molar-refractivity contribution in [2.75, 3.05) is 21.3 Å². The fourth-order valence-electron chi connectivity index (χ4n) is 3.91. The molecule has 0 unspecified atom stereocenters. The molecular weight excluding hydrogens is 362 g/mol. The lowest BCUT2D eigenvalue weighted by Gasteiger charge is -2.50. The van der Waals surface area contributed by atoms with Crippen molar-refractivity contribution in [2.24, 2.45) is 0 Å². The molecule has 1 N–H and O–H groups in total. The molecule has 6 heteroatoms. The highest BCUT2D eigenvalue weighted by Crippen LogP contribution is 2.15. The number of hydrogen-bond acceptors (Lipinski definition) is 3. The fourth-order valence-corrected chi connectivity index (χ4v) is 5.43. The second-order valence-corrected chi connectivity index (χ2v) is 10.9. The SMILES string of the molecule is CO[Si](C=CC(C)(C)[NH+](C(C)(C)C)C(C)(C)C)(OC)OC.[Br-]. The largest absolute Gasteiger partial charge is 1.00 e. The summed E-state index contributed by atoms with van der Waals surface area (Å²) in [6.45, 7) is 18.1. The molecule has 0 atom stereocenters. The Morgan fingerprint density at radius 3 is 1.27 bits per heavy atom. The summed E-state index contributed by atoms with van der Waals surface area (Å²) in [6.07, 6.45) is 2.18. The quantitative estimate of drug-likeness (QED) is 0.596. The monoisotopic (exact) mass is 397 g/mol. The molecule has 134 valence electrons. The molecule has 0 fully saturated rings. The molecule has 0 aromatic rings. The van der Waals surface area contributed by atoms with E-state index in [1.807, 2.05) is 5.70 Å². The third-order valence-corrected chi connectivity index (χ3v) is 5.98. The van der Waals surface area contributed by atoms with Crippen molar-refractivity contribution >= 4 is 8.80 Å². The topological polar surface area (TPSA) is 32.1 Å². The van der Waals surface area contributed by atoms with Crippen LogP contribution < -0.4 is 21.9 Å². The van der Waals surface area contributed by atoms with Gasteiger partial charge in [-0.15, -0.1) is 0 Å². The number of quaternary nitrogens is 1. The Hall–Kier alpha value is 0.277. The second-order valence-electron chi connectivity index (χ2n) is 8.15. The summed E-state index contributed by atoms with van der Waals surface area (Å²) in [5, 5.41) is 0. The first-order valence-corrected chi connectivity index (χ1v) is 9.30. The molecule has 0 amide bonds. The first-order valence-electron chi connectivity index (χ1n) is 7.50. The Morgan fingerprint density at radius 2 is 1.05 bits per heavy atom. The molecule has 0 heterocycles. The Balaban J connectivity index is 0. The highest BCUT2D eigenvalue weighted by atomic mass is 79.9. The minimum atomic E-state index is -2.69. The zero-order valence-corrected chi connectivity index (χ0v) is 18.8. The van der Waals surface area contributed by atoms with Crippen molar-refractivity contribution in [3.63, 3.8) is 0 Å². The first-order chi connectivity index (χ1) is 9.26. The van der Waals surface area contributed by atoms with E-state index in [1.165, 1.54) is 4.90 Å². The third-order valence-electron chi connectivity index (χ3n) is 3.70. The molecule has 0 aromatic carbocycles. The predicted molar refractivity (Wildman–Crippen MR) is 90.5 cm³/mol. The summed E-state index contributed by atoms with van der Waals surface area (Å²) in [4.78, 5) is 1.49. The first kappa shape index (κ1) is 24.5. The predicted octanol–water partition coefficient (Wildman–Crippen LogP) is -0.776. The van der Waals surface area contributed by atoms with Gasteiger partial charge in [-0.05, 0) is 67.2 Å². The summed E-state index contributed by atoms with van der Waals surface area (Å²) in [5.74, 6) is 0. The summed E-state index contributed by atoms with van der Waals surface area (Å²) in [5.41, 5.74) is 2.14. The Bertz CT molecular complexity index is 333. The van der Waals surface area contributed by atoms with Crippen LogP contribution in [-0.2, 0) is 13.3 Å². The summed E-state index contributed by atoms with van der Waals surface area (Å²) < 4.78 is 16.4. The molecule has 0 aliphatic heterocycles. The van der Waals surface area contributed by atoms with Crippen LogP contribution >= 0.6 is 0 Å². The summed E-state index contributed by atoms with van der Waals surface area (Å²) in [6, 6.07) is 0. The van der Waals surface area contributed by atoms with E-state index in [0.29, 0.717) is 0 Å². The van der Waals surface area contributed by atoms with Crippen LogP contribution in [0.15, 0.2) is 11.8 Å². The van der Waals surface area contributed by atoms with E-state index < -0.39 is 8.80 Å². The van der Waals surface area contributed by atoms with Gasteiger partial charge in [-0.25, -0.2) is 0 Å². The van der Waals surface area contributed by atoms with E-state index in [-0.39, 0.29) is 33.6 Å². The van der Waals surface area contributed by atoms with Gasteiger partial charge in [0, 0.05) is 21.3 Å². The maximum Gasteiger partial charge on any atom is 0.528 e. The lowest BCUT2D eigenvalue weighted by molar-refractivity contribution is -1.02. The van der Waals surface area contributed by atoms with E-state index in [1.54, 1.807) is 21.3 Å². The van der Waals surface area contributed by atoms with Crippen molar-refractivity contribution in [3.05, 3.63) is 11.8 Å². The van der Waals surface area contributed by atoms with Crippen molar-refractivity contribution in [2.45, 2.75) is 72.0 Å². The van der Waals surface area contributed by atoms with Crippen molar-refractivity contribution < 1.29 is 35.2 Å². The van der Waals surface area contributed by atoms with E-state index >= 15 is 0 Å². The van der Waals surface area contributed by atoms with E-state index in [4.69, 9.17) is 13.3 Å². The second kappa shape index (κ2) is 8.40. The molecule has 4 nitrogen and oxygen atoms in total. The van der Waals surface area contributed by atoms with Gasteiger partial charge in [-0.3, -0.25) is 0 Å². The number of nitrogens with one attached hydrogen (secondary N) is 1. The normalized spacial score (nSPS) is 14.5. The number of rotatable bonds is 6.